The quantitative estimate of drug-likeness (QED) is 0.636. The van der Waals surface area contributed by atoms with Gasteiger partial charge in [-0.05, 0) is 52.9 Å². The lowest BCUT2D eigenvalue weighted by atomic mass is 10.3. The molecule has 3 rings (SSSR count). The van der Waals surface area contributed by atoms with Gasteiger partial charge in [-0.15, -0.1) is 0 Å². The van der Waals surface area contributed by atoms with Crippen molar-refractivity contribution in [3.05, 3.63) is 56.9 Å². The first-order valence-electron chi connectivity index (χ1n) is 5.99. The Morgan fingerprint density at radius 3 is 2.86 bits per heavy atom. The smallest absolute Gasteiger partial charge is 0.356 e. The molecule has 1 aromatic carbocycles. The van der Waals surface area contributed by atoms with Crippen molar-refractivity contribution in [1.82, 2.24) is 9.38 Å². The van der Waals surface area contributed by atoms with Crippen molar-refractivity contribution in [3.63, 3.8) is 0 Å². The van der Waals surface area contributed by atoms with E-state index in [0.29, 0.717) is 16.5 Å². The number of hydrogen-bond donors (Lipinski definition) is 2. The van der Waals surface area contributed by atoms with Crippen LogP contribution in [0.1, 0.15) is 10.5 Å². The number of carbonyl (C=O) groups is 1. The van der Waals surface area contributed by atoms with Crippen molar-refractivity contribution in [2.24, 2.45) is 0 Å². The number of carboxylic acids is 1. The van der Waals surface area contributed by atoms with Crippen LogP contribution < -0.4 is 5.32 Å². The van der Waals surface area contributed by atoms with Crippen LogP contribution in [0.3, 0.4) is 0 Å². The van der Waals surface area contributed by atoms with E-state index in [1.165, 1.54) is 4.40 Å². The maximum atomic E-state index is 11.5. The molecule has 0 bridgehead atoms. The summed E-state index contributed by atoms with van der Waals surface area (Å²) in [6, 6.07) is 10.6. The van der Waals surface area contributed by atoms with Crippen molar-refractivity contribution >= 4 is 57.3 Å². The van der Waals surface area contributed by atoms with Crippen LogP contribution in [0.5, 0.6) is 0 Å². The van der Waals surface area contributed by atoms with Gasteiger partial charge >= 0.3 is 5.97 Å². The predicted molar refractivity (Wildman–Crippen MR) is 89.6 cm³/mol. The molecule has 0 aliphatic rings. The Bertz CT molecular complexity index is 847. The maximum absolute atomic E-state index is 11.5. The summed E-state index contributed by atoms with van der Waals surface area (Å²) in [6.45, 7) is 0. The van der Waals surface area contributed by atoms with Gasteiger partial charge in [0, 0.05) is 14.8 Å². The highest BCUT2D eigenvalue weighted by atomic mass is 127. The van der Waals surface area contributed by atoms with Crippen molar-refractivity contribution in [2.75, 3.05) is 5.32 Å². The molecule has 0 saturated carbocycles. The van der Waals surface area contributed by atoms with Gasteiger partial charge in [0.25, 0.3) is 0 Å². The third kappa shape index (κ3) is 2.68. The molecule has 106 valence electrons. The Morgan fingerprint density at radius 1 is 1.33 bits per heavy atom. The molecule has 5 nitrogen and oxygen atoms in total. The number of hydrogen-bond acceptors (Lipinski definition) is 3. The summed E-state index contributed by atoms with van der Waals surface area (Å²) >= 11 is 8.05. The number of rotatable bonds is 3. The number of anilines is 2. The Balaban J connectivity index is 2.12. The third-order valence-electron chi connectivity index (χ3n) is 2.92. The van der Waals surface area contributed by atoms with Crippen molar-refractivity contribution in [2.45, 2.75) is 0 Å². The van der Waals surface area contributed by atoms with Gasteiger partial charge in [-0.2, -0.15) is 0 Å². The largest absolute Gasteiger partial charge is 0.476 e. The molecule has 2 heterocycles. The minimum atomic E-state index is -1.04. The Hall–Kier alpha value is -1.80. The molecule has 2 aromatic heterocycles. The summed E-state index contributed by atoms with van der Waals surface area (Å²) in [5.41, 5.74) is 1.42. The number of fused-ring (bicyclic) bond motifs is 1. The average molecular weight is 414 g/mol. The first kappa shape index (κ1) is 14.2. The van der Waals surface area contributed by atoms with Gasteiger partial charge in [-0.25, -0.2) is 9.78 Å². The van der Waals surface area contributed by atoms with Crippen LogP contribution >= 0.6 is 34.2 Å². The number of halogens is 2. The van der Waals surface area contributed by atoms with E-state index >= 15 is 0 Å². The van der Waals surface area contributed by atoms with Gasteiger partial charge in [0.1, 0.15) is 5.65 Å². The lowest BCUT2D eigenvalue weighted by Crippen LogP contribution is -2.05. The van der Waals surface area contributed by atoms with Crippen LogP contribution in [0.4, 0.5) is 11.5 Å². The molecule has 7 heteroatoms. The molecule has 0 aliphatic carbocycles. The number of carboxylic acid groups (broad SMARTS) is 1. The van der Waals surface area contributed by atoms with E-state index in [9.17, 15) is 9.90 Å². The summed E-state index contributed by atoms with van der Waals surface area (Å²) in [6.07, 6.45) is 1.67. The second kappa shape index (κ2) is 5.53. The number of imidazole rings is 1. The highest BCUT2D eigenvalue weighted by Crippen LogP contribution is 2.27. The van der Waals surface area contributed by atoms with Gasteiger partial charge in [0.05, 0.1) is 5.69 Å². The fourth-order valence-electron chi connectivity index (χ4n) is 2.01. The summed E-state index contributed by atoms with van der Waals surface area (Å²) in [7, 11) is 0. The van der Waals surface area contributed by atoms with Crippen LogP contribution in [0.15, 0.2) is 42.6 Å². The van der Waals surface area contributed by atoms with E-state index in [0.717, 1.165) is 9.26 Å². The fourth-order valence-corrected chi connectivity index (χ4v) is 3.01. The van der Waals surface area contributed by atoms with E-state index in [1.807, 2.05) is 6.07 Å². The van der Waals surface area contributed by atoms with E-state index in [2.05, 4.69) is 32.9 Å². The van der Waals surface area contributed by atoms with Gasteiger partial charge < -0.3 is 10.4 Å². The number of nitrogens with one attached hydrogen (secondary N) is 1. The van der Waals surface area contributed by atoms with E-state index < -0.39 is 5.97 Å². The van der Waals surface area contributed by atoms with E-state index in [4.69, 9.17) is 11.6 Å². The highest BCUT2D eigenvalue weighted by Gasteiger charge is 2.19. The number of aromatic nitrogens is 2. The van der Waals surface area contributed by atoms with Crippen LogP contribution in [0, 0.1) is 3.57 Å². The molecule has 0 radical (unpaired) electrons. The molecule has 21 heavy (non-hydrogen) atoms. The Labute approximate surface area is 138 Å². The molecule has 0 spiro atoms. The number of aromatic carboxylic acids is 1. The Morgan fingerprint density at radius 2 is 2.14 bits per heavy atom. The lowest BCUT2D eigenvalue weighted by Gasteiger charge is -2.07. The van der Waals surface area contributed by atoms with Crippen LogP contribution in [-0.4, -0.2) is 20.5 Å². The first-order chi connectivity index (χ1) is 10.1. The molecule has 2 N–H and O–H groups in total. The summed E-state index contributed by atoms with van der Waals surface area (Å²) in [4.78, 5) is 15.8. The minimum Gasteiger partial charge on any atom is -0.476 e. The van der Waals surface area contributed by atoms with Crippen LogP contribution in [0.2, 0.25) is 5.02 Å². The average Bonchev–Trinajstić information content (AvgIpc) is 2.80. The number of nitrogens with zero attached hydrogens (tertiary/aromatic N) is 2. The van der Waals surface area contributed by atoms with Gasteiger partial charge in [0.2, 0.25) is 0 Å². The highest BCUT2D eigenvalue weighted by molar-refractivity contribution is 14.1. The minimum absolute atomic E-state index is 0.0938. The van der Waals surface area contributed by atoms with Crippen LogP contribution in [0.25, 0.3) is 5.65 Å². The molecule has 0 unspecified atom stereocenters. The number of benzene rings is 1. The molecule has 0 aliphatic heterocycles. The van der Waals surface area contributed by atoms with Crippen molar-refractivity contribution in [3.8, 4) is 0 Å². The summed E-state index contributed by atoms with van der Waals surface area (Å²) in [5.74, 6) is -0.742. The van der Waals surface area contributed by atoms with Crippen molar-refractivity contribution < 1.29 is 9.90 Å². The monoisotopic (exact) mass is 413 g/mol. The standard InChI is InChI=1S/C14H9ClIN3O2/c15-8-4-5-10(9(16)7-8)17-13-12(14(20)21)19-6-2-1-3-11(19)18-13/h1-7,17H,(H,20,21). The molecule has 0 fully saturated rings. The maximum Gasteiger partial charge on any atom is 0.356 e. The second-order valence-electron chi connectivity index (χ2n) is 4.29. The second-order valence-corrected chi connectivity index (χ2v) is 5.89. The molecular formula is C14H9ClIN3O2. The SMILES string of the molecule is O=C(O)c1c(Nc2ccc(Cl)cc2I)nc2ccccn12. The molecule has 0 saturated heterocycles. The van der Waals surface area contributed by atoms with Gasteiger partial charge in [-0.1, -0.05) is 17.7 Å². The van der Waals surface area contributed by atoms with Crippen LogP contribution in [-0.2, 0) is 0 Å². The first-order valence-corrected chi connectivity index (χ1v) is 7.44. The lowest BCUT2D eigenvalue weighted by molar-refractivity contribution is 0.0690. The van der Waals surface area contributed by atoms with E-state index in [-0.39, 0.29) is 5.69 Å². The fraction of sp³-hybridized carbons (Fsp3) is 0. The zero-order valence-electron chi connectivity index (χ0n) is 10.5. The van der Waals surface area contributed by atoms with Crippen molar-refractivity contribution in [1.29, 1.82) is 0 Å². The van der Waals surface area contributed by atoms with E-state index in [1.54, 1.807) is 36.5 Å². The molecule has 3 aromatic rings. The predicted octanol–water partition coefficient (Wildman–Crippen LogP) is 4.03. The van der Waals surface area contributed by atoms with Gasteiger partial charge in [-0.3, -0.25) is 4.40 Å². The molecule has 0 amide bonds. The molecule has 0 atom stereocenters. The number of pyridine rings is 1. The third-order valence-corrected chi connectivity index (χ3v) is 4.04. The summed E-state index contributed by atoms with van der Waals surface area (Å²) in [5, 5.41) is 13.1. The normalized spacial score (nSPS) is 10.8. The van der Waals surface area contributed by atoms with Gasteiger partial charge in [0.15, 0.2) is 11.5 Å². The zero-order chi connectivity index (χ0) is 15.0. The summed E-state index contributed by atoms with van der Waals surface area (Å²) < 4.78 is 2.42. The zero-order valence-corrected chi connectivity index (χ0v) is 13.5. The topological polar surface area (TPSA) is 66.6 Å². The molecular weight excluding hydrogens is 405 g/mol. The Kier molecular flexibility index (Phi) is 3.73.